The molecule has 0 aliphatic rings. The van der Waals surface area contributed by atoms with E-state index in [1.54, 1.807) is 31.3 Å². The number of para-hydroxylation sites is 1. The molecule has 2 N–H and O–H groups in total. The van der Waals surface area contributed by atoms with Crippen LogP contribution in [-0.2, 0) is 9.53 Å². The van der Waals surface area contributed by atoms with Crippen molar-refractivity contribution in [2.45, 2.75) is 6.42 Å². The van der Waals surface area contributed by atoms with Gasteiger partial charge in [-0.2, -0.15) is 5.26 Å². The fraction of sp³-hybridized carbons (Fsp3) is 0.400. The summed E-state index contributed by atoms with van der Waals surface area (Å²) in [6.07, 6.45) is 0.226. The zero-order valence-corrected chi connectivity index (χ0v) is 12.4. The van der Waals surface area contributed by atoms with Crippen LogP contribution in [0.1, 0.15) is 16.8 Å². The number of benzene rings is 1. The van der Waals surface area contributed by atoms with E-state index < -0.39 is 5.97 Å². The number of ether oxygens (including phenoxy) is 1. The molecule has 1 aromatic carbocycles. The number of hydrogen-bond donors (Lipinski definition) is 2. The molecule has 118 valence electrons. The van der Waals surface area contributed by atoms with Gasteiger partial charge in [0.2, 0.25) is 0 Å². The van der Waals surface area contributed by atoms with Crippen LogP contribution in [0.3, 0.4) is 0 Å². The molecule has 0 unspecified atom stereocenters. The Morgan fingerprint density at radius 1 is 1.41 bits per heavy atom. The predicted molar refractivity (Wildman–Crippen MR) is 80.2 cm³/mol. The number of hydrogen-bond acceptors (Lipinski definition) is 6. The van der Waals surface area contributed by atoms with Gasteiger partial charge in [0.05, 0.1) is 24.7 Å². The van der Waals surface area contributed by atoms with Crippen LogP contribution in [0.25, 0.3) is 0 Å². The van der Waals surface area contributed by atoms with E-state index in [0.29, 0.717) is 24.3 Å². The van der Waals surface area contributed by atoms with E-state index in [9.17, 15) is 9.59 Å². The number of carbonyl (C=O) groups is 2. The van der Waals surface area contributed by atoms with E-state index in [1.807, 2.05) is 6.07 Å². The van der Waals surface area contributed by atoms with Crippen LogP contribution in [-0.4, -0.2) is 55.2 Å². The number of nitrogens with one attached hydrogen (secondary N) is 1. The highest BCUT2D eigenvalue weighted by atomic mass is 16.5. The van der Waals surface area contributed by atoms with Crippen LogP contribution in [0.4, 0.5) is 5.69 Å². The number of carbonyl (C=O) groups excluding carboxylic acids is 2. The average Bonchev–Trinajstić information content (AvgIpc) is 2.55. The average molecular weight is 305 g/mol. The Labute approximate surface area is 129 Å². The number of aliphatic hydroxyl groups is 1. The molecular formula is C15H19N3O4. The highest BCUT2D eigenvalue weighted by Gasteiger charge is 2.15. The van der Waals surface area contributed by atoms with Gasteiger partial charge in [0, 0.05) is 25.8 Å². The van der Waals surface area contributed by atoms with Crippen LogP contribution in [0.2, 0.25) is 0 Å². The maximum Gasteiger partial charge on any atom is 0.340 e. The minimum Gasteiger partial charge on any atom is -0.452 e. The van der Waals surface area contributed by atoms with E-state index >= 15 is 0 Å². The van der Waals surface area contributed by atoms with E-state index in [1.165, 1.54) is 4.90 Å². The Bertz CT molecular complexity index is 554. The molecule has 1 aromatic rings. The lowest BCUT2D eigenvalue weighted by Crippen LogP contribution is -2.32. The Hall–Kier alpha value is -2.59. The SMILES string of the molecule is CN(CCC#N)C(=O)COC(=O)c1ccccc1NCCO. The largest absolute Gasteiger partial charge is 0.452 e. The van der Waals surface area contributed by atoms with Gasteiger partial charge in [-0.3, -0.25) is 4.79 Å². The topological polar surface area (TPSA) is 103 Å². The number of aliphatic hydroxyl groups excluding tert-OH is 1. The fourth-order valence-electron chi connectivity index (χ4n) is 1.66. The second-order valence-electron chi connectivity index (χ2n) is 4.50. The molecule has 0 atom stereocenters. The van der Waals surface area contributed by atoms with Gasteiger partial charge in [0.25, 0.3) is 5.91 Å². The summed E-state index contributed by atoms with van der Waals surface area (Å²) in [5.41, 5.74) is 0.829. The Kier molecular flexibility index (Phi) is 7.43. The van der Waals surface area contributed by atoms with Crippen molar-refractivity contribution >= 4 is 17.6 Å². The van der Waals surface area contributed by atoms with E-state index in [-0.39, 0.29) is 25.5 Å². The molecule has 1 amide bonds. The third-order valence-corrected chi connectivity index (χ3v) is 2.89. The van der Waals surface area contributed by atoms with Crippen LogP contribution in [0, 0.1) is 11.3 Å². The Morgan fingerprint density at radius 2 is 2.14 bits per heavy atom. The van der Waals surface area contributed by atoms with Gasteiger partial charge in [-0.15, -0.1) is 0 Å². The molecule has 0 heterocycles. The van der Waals surface area contributed by atoms with Gasteiger partial charge in [0.1, 0.15) is 0 Å². The first-order valence-corrected chi connectivity index (χ1v) is 6.82. The normalized spacial score (nSPS) is 9.68. The number of rotatable bonds is 8. The number of anilines is 1. The third-order valence-electron chi connectivity index (χ3n) is 2.89. The summed E-state index contributed by atoms with van der Waals surface area (Å²) in [5, 5.41) is 20.2. The van der Waals surface area contributed by atoms with Crippen molar-refractivity contribution < 1.29 is 19.4 Å². The summed E-state index contributed by atoms with van der Waals surface area (Å²) in [6.45, 7) is 0.155. The first kappa shape index (κ1) is 17.5. The Balaban J connectivity index is 2.59. The number of nitrogens with zero attached hydrogens (tertiary/aromatic N) is 2. The summed E-state index contributed by atoms with van der Waals surface area (Å²) < 4.78 is 5.00. The first-order chi connectivity index (χ1) is 10.6. The van der Waals surface area contributed by atoms with Crippen LogP contribution < -0.4 is 5.32 Å². The molecule has 1 rings (SSSR count). The van der Waals surface area contributed by atoms with Crippen molar-refractivity contribution in [1.29, 1.82) is 5.26 Å². The van der Waals surface area contributed by atoms with Gasteiger partial charge < -0.3 is 20.1 Å². The molecule has 0 radical (unpaired) electrons. The van der Waals surface area contributed by atoms with Crippen molar-refractivity contribution in [1.82, 2.24) is 4.90 Å². The van der Waals surface area contributed by atoms with Crippen molar-refractivity contribution in [2.75, 3.05) is 38.7 Å². The van der Waals surface area contributed by atoms with Gasteiger partial charge in [-0.05, 0) is 12.1 Å². The number of esters is 1. The van der Waals surface area contributed by atoms with Crippen LogP contribution in [0.5, 0.6) is 0 Å². The van der Waals surface area contributed by atoms with Crippen molar-refractivity contribution in [3.05, 3.63) is 29.8 Å². The van der Waals surface area contributed by atoms with Crippen LogP contribution >= 0.6 is 0 Å². The molecule has 7 nitrogen and oxygen atoms in total. The maximum atomic E-state index is 12.0. The third kappa shape index (κ3) is 5.42. The molecule has 0 fully saturated rings. The number of nitriles is 1. The van der Waals surface area contributed by atoms with Crippen LogP contribution in [0.15, 0.2) is 24.3 Å². The molecule has 0 aromatic heterocycles. The van der Waals surface area contributed by atoms with Crippen molar-refractivity contribution in [3.8, 4) is 6.07 Å². The predicted octanol–water partition coefficient (Wildman–Crippen LogP) is 0.620. The fourth-order valence-corrected chi connectivity index (χ4v) is 1.66. The van der Waals surface area contributed by atoms with Crippen molar-refractivity contribution in [3.63, 3.8) is 0 Å². The monoisotopic (exact) mass is 305 g/mol. The standard InChI is InChI=1S/C15H19N3O4/c1-18(9-4-7-16)14(20)11-22-15(21)12-5-2-3-6-13(12)17-8-10-19/h2-3,5-6,17,19H,4,8-11H2,1H3. The molecule has 0 bridgehead atoms. The van der Waals surface area contributed by atoms with Crippen molar-refractivity contribution in [2.24, 2.45) is 0 Å². The minimum atomic E-state index is -0.622. The van der Waals surface area contributed by atoms with E-state index in [0.717, 1.165) is 0 Å². The summed E-state index contributed by atoms with van der Waals surface area (Å²) in [7, 11) is 1.55. The highest BCUT2D eigenvalue weighted by Crippen LogP contribution is 2.15. The number of amides is 1. The lowest BCUT2D eigenvalue weighted by Gasteiger charge is -2.16. The lowest BCUT2D eigenvalue weighted by atomic mass is 10.2. The second kappa shape index (κ2) is 9.37. The summed E-state index contributed by atoms with van der Waals surface area (Å²) in [4.78, 5) is 25.1. The molecular weight excluding hydrogens is 286 g/mol. The molecule has 22 heavy (non-hydrogen) atoms. The van der Waals surface area contributed by atoms with Gasteiger partial charge in [-0.25, -0.2) is 4.79 Å². The molecule has 0 saturated heterocycles. The van der Waals surface area contributed by atoms with E-state index in [2.05, 4.69) is 5.32 Å². The zero-order chi connectivity index (χ0) is 16.4. The van der Waals surface area contributed by atoms with E-state index in [4.69, 9.17) is 15.1 Å². The zero-order valence-electron chi connectivity index (χ0n) is 12.4. The minimum absolute atomic E-state index is 0.0639. The molecule has 0 aliphatic carbocycles. The smallest absolute Gasteiger partial charge is 0.340 e. The molecule has 0 aliphatic heterocycles. The highest BCUT2D eigenvalue weighted by molar-refractivity contribution is 5.96. The quantitative estimate of drug-likeness (QED) is 0.683. The Morgan fingerprint density at radius 3 is 2.82 bits per heavy atom. The van der Waals surface area contributed by atoms with Gasteiger partial charge >= 0.3 is 5.97 Å². The second-order valence-corrected chi connectivity index (χ2v) is 4.50. The van der Waals surface area contributed by atoms with Gasteiger partial charge in [0.15, 0.2) is 6.61 Å². The number of likely N-dealkylation sites (N-methyl/N-ethyl adjacent to an activating group) is 1. The summed E-state index contributed by atoms with van der Waals surface area (Å²) >= 11 is 0. The first-order valence-electron chi connectivity index (χ1n) is 6.82. The lowest BCUT2D eigenvalue weighted by molar-refractivity contribution is -0.133. The summed E-state index contributed by atoms with van der Waals surface area (Å²) in [6, 6.07) is 8.63. The molecule has 0 spiro atoms. The summed E-state index contributed by atoms with van der Waals surface area (Å²) in [5.74, 6) is -0.993. The molecule has 0 saturated carbocycles. The van der Waals surface area contributed by atoms with Gasteiger partial charge in [-0.1, -0.05) is 12.1 Å². The maximum absolute atomic E-state index is 12.0. The molecule has 7 heteroatoms.